The van der Waals surface area contributed by atoms with Gasteiger partial charge in [-0.2, -0.15) is 0 Å². The predicted octanol–water partition coefficient (Wildman–Crippen LogP) is 5.01. The number of carbonyl (C=O) groups excluding carboxylic acids is 4. The lowest BCUT2D eigenvalue weighted by Gasteiger charge is -2.70. The van der Waals surface area contributed by atoms with Crippen LogP contribution >= 0.6 is 0 Å². The van der Waals surface area contributed by atoms with E-state index in [0.29, 0.717) is 12.0 Å². The van der Waals surface area contributed by atoms with Gasteiger partial charge < -0.3 is 23.7 Å². The normalized spacial score (nSPS) is 37.0. The minimum atomic E-state index is -1.41. The molecule has 3 fully saturated rings. The Labute approximate surface area is 262 Å². The summed E-state index contributed by atoms with van der Waals surface area (Å²) in [7, 11) is 0. The molecule has 0 N–H and O–H groups in total. The van der Waals surface area contributed by atoms with Gasteiger partial charge in [0.05, 0.1) is 17.5 Å². The van der Waals surface area contributed by atoms with Crippen LogP contribution in [-0.2, 0) is 33.3 Å². The van der Waals surface area contributed by atoms with Crippen molar-refractivity contribution in [2.45, 2.75) is 89.8 Å². The van der Waals surface area contributed by atoms with Gasteiger partial charge in [0, 0.05) is 36.6 Å². The molecule has 0 unspecified atom stereocenters. The number of benzene rings is 1. The van der Waals surface area contributed by atoms with Crippen molar-refractivity contribution in [3.63, 3.8) is 0 Å². The topological polar surface area (TPSA) is 127 Å². The van der Waals surface area contributed by atoms with E-state index in [0.717, 1.165) is 12.0 Å². The van der Waals surface area contributed by atoms with Gasteiger partial charge in [0.2, 0.25) is 0 Å². The highest BCUT2D eigenvalue weighted by Gasteiger charge is 2.77. The number of ether oxygens (including phenoxy) is 5. The standard InChI is InChI=1S/C35H39NO9/c1-21-11-9-15-25-32(21,3)28(43-31(40)24-14-10-16-36-19-24)29(44-30(39)23-12-7-6-8-13-23)34(5)33(25,4)26(42-22(2)37)17-35(45-34)18-27(38)41-20-35/h6-8,10-14,16,19,25-26,28-29H,9,15,17-18,20H2,1-5H3/t25-,26-,28-,29-,32-,33-,34-,35-/m0/s1. The summed E-state index contributed by atoms with van der Waals surface area (Å²) in [5, 5.41) is 0. The smallest absolute Gasteiger partial charge is 0.340 e. The highest BCUT2D eigenvalue weighted by molar-refractivity contribution is 5.90. The van der Waals surface area contributed by atoms with Gasteiger partial charge in [-0.1, -0.05) is 43.7 Å². The molecular formula is C35H39NO9. The molecule has 2 aliphatic heterocycles. The molecule has 1 aromatic heterocycles. The van der Waals surface area contributed by atoms with Crippen molar-refractivity contribution >= 4 is 23.9 Å². The van der Waals surface area contributed by atoms with Crippen LogP contribution in [0.25, 0.3) is 0 Å². The lowest BCUT2D eigenvalue weighted by Crippen LogP contribution is -2.80. The maximum absolute atomic E-state index is 13.9. The first-order valence-electron chi connectivity index (χ1n) is 15.4. The van der Waals surface area contributed by atoms with Crippen LogP contribution in [0.3, 0.4) is 0 Å². The van der Waals surface area contributed by atoms with Crippen molar-refractivity contribution in [3.05, 3.63) is 77.6 Å². The first kappa shape index (κ1) is 31.0. The molecule has 238 valence electrons. The summed E-state index contributed by atoms with van der Waals surface area (Å²) in [6.45, 7) is 9.17. The van der Waals surface area contributed by atoms with Gasteiger partial charge in [-0.15, -0.1) is 0 Å². The van der Waals surface area contributed by atoms with Crippen molar-refractivity contribution in [1.29, 1.82) is 0 Å². The number of fused-ring (bicyclic) bond motifs is 3. The monoisotopic (exact) mass is 617 g/mol. The molecule has 1 aromatic carbocycles. The minimum Gasteiger partial charge on any atom is -0.462 e. The van der Waals surface area contributed by atoms with E-state index in [9.17, 15) is 19.2 Å². The molecule has 4 aliphatic rings. The Morgan fingerprint density at radius 1 is 0.933 bits per heavy atom. The Morgan fingerprint density at radius 3 is 2.27 bits per heavy atom. The lowest BCUT2D eigenvalue weighted by atomic mass is 9.41. The van der Waals surface area contributed by atoms with Crippen molar-refractivity contribution in [1.82, 2.24) is 4.98 Å². The van der Waals surface area contributed by atoms with Crippen LogP contribution < -0.4 is 0 Å². The number of hydrogen-bond acceptors (Lipinski definition) is 10. The van der Waals surface area contributed by atoms with Crippen LogP contribution in [0.5, 0.6) is 0 Å². The molecule has 45 heavy (non-hydrogen) atoms. The average Bonchev–Trinajstić information content (AvgIpc) is 3.37. The van der Waals surface area contributed by atoms with Gasteiger partial charge in [0.25, 0.3) is 0 Å². The third kappa shape index (κ3) is 4.85. The van der Waals surface area contributed by atoms with E-state index in [4.69, 9.17) is 23.7 Å². The van der Waals surface area contributed by atoms with E-state index in [1.807, 2.05) is 27.7 Å². The molecule has 2 saturated heterocycles. The second-order valence-electron chi connectivity index (χ2n) is 13.4. The minimum absolute atomic E-state index is 0.0460. The van der Waals surface area contributed by atoms with E-state index >= 15 is 0 Å². The third-order valence-corrected chi connectivity index (χ3v) is 11.0. The van der Waals surface area contributed by atoms with Gasteiger partial charge in [-0.25, -0.2) is 9.59 Å². The summed E-state index contributed by atoms with van der Waals surface area (Å²) in [5.41, 5.74) is -2.86. The summed E-state index contributed by atoms with van der Waals surface area (Å²) < 4.78 is 31.5. The van der Waals surface area contributed by atoms with Gasteiger partial charge in [0.1, 0.15) is 23.9 Å². The molecule has 1 spiro atoms. The van der Waals surface area contributed by atoms with Crippen molar-refractivity contribution in [2.75, 3.05) is 6.61 Å². The first-order valence-corrected chi connectivity index (χ1v) is 15.4. The van der Waals surface area contributed by atoms with Crippen LogP contribution in [0.2, 0.25) is 0 Å². The van der Waals surface area contributed by atoms with Gasteiger partial charge in [0.15, 0.2) is 12.2 Å². The Morgan fingerprint density at radius 2 is 1.62 bits per heavy atom. The highest BCUT2D eigenvalue weighted by atomic mass is 16.6. The summed E-state index contributed by atoms with van der Waals surface area (Å²) in [4.78, 5) is 57.0. The fourth-order valence-electron chi connectivity index (χ4n) is 8.54. The molecule has 8 atom stereocenters. The molecule has 6 rings (SSSR count). The molecule has 10 heteroatoms. The second-order valence-corrected chi connectivity index (χ2v) is 13.4. The molecule has 0 radical (unpaired) electrons. The van der Waals surface area contributed by atoms with E-state index in [-0.39, 0.29) is 30.9 Å². The fraction of sp³-hybridized carbons (Fsp3) is 0.514. The number of pyridine rings is 1. The van der Waals surface area contributed by atoms with Crippen LogP contribution in [0.4, 0.5) is 0 Å². The average molecular weight is 618 g/mol. The molecule has 1 saturated carbocycles. The van der Waals surface area contributed by atoms with E-state index in [1.54, 1.807) is 48.7 Å². The maximum atomic E-state index is 13.9. The zero-order valence-electron chi connectivity index (χ0n) is 26.2. The molecular weight excluding hydrogens is 578 g/mol. The lowest BCUT2D eigenvalue weighted by molar-refractivity contribution is -0.361. The molecule has 2 aliphatic carbocycles. The van der Waals surface area contributed by atoms with Crippen LogP contribution in [-0.4, -0.2) is 65.0 Å². The molecule has 0 amide bonds. The predicted molar refractivity (Wildman–Crippen MR) is 160 cm³/mol. The number of rotatable bonds is 5. The highest BCUT2D eigenvalue weighted by Crippen LogP contribution is 2.69. The molecule has 10 nitrogen and oxygen atoms in total. The number of nitrogens with zero attached hydrogens (tertiary/aromatic N) is 1. The number of aromatic nitrogens is 1. The van der Waals surface area contributed by atoms with Crippen LogP contribution in [0, 0.1) is 16.7 Å². The summed E-state index contributed by atoms with van der Waals surface area (Å²) in [5.74, 6) is -2.41. The first-order chi connectivity index (χ1) is 21.3. The van der Waals surface area contributed by atoms with Crippen molar-refractivity contribution in [3.8, 4) is 0 Å². The summed E-state index contributed by atoms with van der Waals surface area (Å²) in [6.07, 6.45) is 3.75. The van der Waals surface area contributed by atoms with Crippen molar-refractivity contribution < 1.29 is 42.9 Å². The van der Waals surface area contributed by atoms with Gasteiger partial charge >= 0.3 is 23.9 Å². The van der Waals surface area contributed by atoms with Crippen LogP contribution in [0.15, 0.2) is 66.5 Å². The zero-order chi connectivity index (χ0) is 32.2. The number of hydrogen-bond donors (Lipinski definition) is 0. The van der Waals surface area contributed by atoms with E-state index in [2.05, 4.69) is 11.1 Å². The Bertz CT molecular complexity index is 1540. The quantitative estimate of drug-likeness (QED) is 0.257. The summed E-state index contributed by atoms with van der Waals surface area (Å²) in [6, 6.07) is 11.8. The Balaban J connectivity index is 1.56. The number of allylic oxidation sites excluding steroid dienone is 1. The Hall–Kier alpha value is -4.05. The van der Waals surface area contributed by atoms with Crippen molar-refractivity contribution in [2.24, 2.45) is 16.7 Å². The SMILES string of the molecule is CC(=O)O[C@H]1C[C@]2(COC(=O)C2)O[C@@]2(C)[C@@H](OC(=O)c3ccccc3)[C@H](OC(=O)c3cccnc3)[C@@]3(C)C(C)=CCC[C@@H]3[C@@]12C. The molecule has 2 aromatic rings. The largest absolute Gasteiger partial charge is 0.462 e. The van der Waals surface area contributed by atoms with Crippen LogP contribution in [0.1, 0.15) is 81.0 Å². The fourth-order valence-corrected chi connectivity index (χ4v) is 8.54. The maximum Gasteiger partial charge on any atom is 0.340 e. The van der Waals surface area contributed by atoms with E-state index < -0.39 is 64.2 Å². The summed E-state index contributed by atoms with van der Waals surface area (Å²) >= 11 is 0. The van der Waals surface area contributed by atoms with Gasteiger partial charge in [-0.3, -0.25) is 14.6 Å². The number of cyclic esters (lactones) is 1. The molecule has 0 bridgehead atoms. The molecule has 3 heterocycles. The zero-order valence-corrected chi connectivity index (χ0v) is 26.2. The number of carbonyl (C=O) groups is 4. The second kappa shape index (κ2) is 11.1. The Kier molecular flexibility index (Phi) is 7.62. The number of esters is 4. The van der Waals surface area contributed by atoms with Gasteiger partial charge in [-0.05, 0) is 56.9 Å². The third-order valence-electron chi connectivity index (χ3n) is 11.0. The van der Waals surface area contributed by atoms with E-state index in [1.165, 1.54) is 13.1 Å².